The minimum absolute atomic E-state index is 0.219. The Hall–Kier alpha value is -3.43. The molecule has 8 heteroatoms. The predicted octanol–water partition coefficient (Wildman–Crippen LogP) is 10.5. The molecule has 0 amide bonds. The van der Waals surface area contributed by atoms with Gasteiger partial charge in [0.15, 0.2) is 12.6 Å². The van der Waals surface area contributed by atoms with Gasteiger partial charge in [0.1, 0.15) is 19.6 Å². The van der Waals surface area contributed by atoms with E-state index in [0.717, 1.165) is 67.8 Å². The third-order valence-corrected chi connectivity index (χ3v) is 17.4. The summed E-state index contributed by atoms with van der Waals surface area (Å²) < 4.78 is 35.4. The average molecular weight is 731 g/mol. The number of hydrogen-bond acceptors (Lipinski definition) is 7. The van der Waals surface area contributed by atoms with Crippen LogP contribution in [0.4, 0.5) is 4.79 Å². The van der Waals surface area contributed by atoms with E-state index in [1.807, 2.05) is 62.4 Å². The first-order valence-electron chi connectivity index (χ1n) is 19.2. The minimum Gasteiger partial charge on any atom is -0.465 e. The summed E-state index contributed by atoms with van der Waals surface area (Å²) in [4.78, 5) is 13.3. The first-order chi connectivity index (χ1) is 24.6. The van der Waals surface area contributed by atoms with Crippen LogP contribution in [-0.2, 0) is 29.8 Å². The van der Waals surface area contributed by atoms with E-state index >= 15 is 0 Å². The number of carbonyl (C=O) groups excluding carboxylic acids is 1. The van der Waals surface area contributed by atoms with Gasteiger partial charge in [-0.05, 0) is 117 Å². The van der Waals surface area contributed by atoms with E-state index in [1.54, 1.807) is 0 Å². The van der Waals surface area contributed by atoms with E-state index in [4.69, 9.17) is 28.4 Å². The topological polar surface area (TPSA) is 72.5 Å². The normalized spacial score (nSPS) is 19.5. The molecule has 2 saturated heterocycles. The molecule has 2 aliphatic heterocycles. The molecule has 284 valence electrons. The van der Waals surface area contributed by atoms with Crippen molar-refractivity contribution in [3.8, 4) is 34.8 Å². The lowest BCUT2D eigenvalue weighted by Gasteiger charge is -2.41. The highest BCUT2D eigenvalue weighted by molar-refractivity contribution is 6.90. The zero-order valence-electron chi connectivity index (χ0n) is 33.5. The Morgan fingerprint density at radius 3 is 1.56 bits per heavy atom. The molecule has 3 atom stereocenters. The summed E-state index contributed by atoms with van der Waals surface area (Å²) in [6.07, 6.45) is 4.75. The van der Waals surface area contributed by atoms with Crippen molar-refractivity contribution in [2.75, 3.05) is 20.3 Å². The lowest BCUT2D eigenvalue weighted by molar-refractivity contribution is -0.106. The highest BCUT2D eigenvalue weighted by Gasteiger charge is 2.50. The molecule has 0 radical (unpaired) electrons. The van der Waals surface area contributed by atoms with Crippen molar-refractivity contribution in [3.05, 3.63) is 59.7 Å². The molecule has 0 saturated carbocycles. The summed E-state index contributed by atoms with van der Waals surface area (Å²) in [5.41, 5.74) is 3.73. The zero-order chi connectivity index (χ0) is 38.2. The molecule has 52 heavy (non-hydrogen) atoms. The number of carbonyl (C=O) groups is 1. The van der Waals surface area contributed by atoms with Crippen molar-refractivity contribution in [1.29, 1.82) is 0 Å². The van der Waals surface area contributed by atoms with Gasteiger partial charge < -0.3 is 28.4 Å². The average Bonchev–Trinajstić information content (AvgIpc) is 3.11. The molecule has 0 spiro atoms. The fourth-order valence-electron chi connectivity index (χ4n) is 7.65. The van der Waals surface area contributed by atoms with Crippen LogP contribution in [0.1, 0.15) is 119 Å². The van der Waals surface area contributed by atoms with E-state index < -0.39 is 30.7 Å². The first kappa shape index (κ1) is 41.3. The van der Waals surface area contributed by atoms with Crippen LogP contribution in [-0.4, -0.2) is 52.7 Å². The molecular weight excluding hydrogens is 669 g/mol. The Labute approximate surface area is 314 Å². The van der Waals surface area contributed by atoms with Gasteiger partial charge in [-0.15, -0.1) is 5.54 Å². The Kier molecular flexibility index (Phi) is 14.0. The zero-order valence-corrected chi connectivity index (χ0v) is 34.5. The van der Waals surface area contributed by atoms with Crippen molar-refractivity contribution < 1.29 is 33.2 Å². The Balaban J connectivity index is 1.83. The van der Waals surface area contributed by atoms with E-state index in [9.17, 15) is 4.79 Å². The van der Waals surface area contributed by atoms with Crippen molar-refractivity contribution in [2.45, 2.75) is 153 Å². The highest BCUT2D eigenvalue weighted by atomic mass is 28.3. The van der Waals surface area contributed by atoms with E-state index in [-0.39, 0.29) is 12.6 Å². The van der Waals surface area contributed by atoms with Gasteiger partial charge in [0.25, 0.3) is 0 Å². The molecule has 2 fully saturated rings. The van der Waals surface area contributed by atoms with Crippen LogP contribution in [0.25, 0.3) is 0 Å². The fraction of sp³-hybridized carbons (Fsp3) is 0.614. The lowest BCUT2D eigenvalue weighted by Crippen LogP contribution is -2.51. The van der Waals surface area contributed by atoms with Gasteiger partial charge in [0.2, 0.25) is 5.60 Å². The van der Waals surface area contributed by atoms with Crippen LogP contribution < -0.4 is 9.47 Å². The summed E-state index contributed by atoms with van der Waals surface area (Å²) in [5, 5.41) is 0. The molecule has 7 nitrogen and oxygen atoms in total. The second-order valence-electron chi connectivity index (χ2n) is 16.3. The summed E-state index contributed by atoms with van der Waals surface area (Å²) in [6, 6.07) is 15.9. The van der Waals surface area contributed by atoms with Crippen molar-refractivity contribution in [1.82, 2.24) is 0 Å². The van der Waals surface area contributed by atoms with E-state index in [0.29, 0.717) is 23.2 Å². The highest BCUT2D eigenvalue weighted by Crippen LogP contribution is 2.43. The largest absolute Gasteiger partial charge is 0.510 e. The summed E-state index contributed by atoms with van der Waals surface area (Å²) in [6.45, 7) is 23.3. The summed E-state index contributed by atoms with van der Waals surface area (Å²) in [5.74, 6) is 12.1. The van der Waals surface area contributed by atoms with Gasteiger partial charge in [0.05, 0.1) is 31.2 Å². The molecule has 2 heterocycles. The Morgan fingerprint density at radius 1 is 0.692 bits per heavy atom. The van der Waals surface area contributed by atoms with Crippen LogP contribution in [0.15, 0.2) is 48.5 Å². The van der Waals surface area contributed by atoms with E-state index in [1.165, 1.54) is 7.11 Å². The standard InChI is InChI=1S/C44H62O7Si/c1-32(2)52(33(3)4,34(5)6)31-28-44(51-41(45)46-11,43(9,10)36-20-24-38(25-21-36)50-40-17-13-15-30-48-40)27-26-42(7,8)35-18-22-37(23-19-35)49-39-16-12-14-29-47-39/h18-25,32-34,39-40H,12-17,29-30H2,1-11H3. The third-order valence-electron chi connectivity index (χ3n) is 11.1. The molecule has 3 unspecified atom stereocenters. The number of benzene rings is 2. The van der Waals surface area contributed by atoms with Gasteiger partial charge in [-0.1, -0.05) is 71.7 Å². The van der Waals surface area contributed by atoms with Crippen LogP contribution in [0.3, 0.4) is 0 Å². The quantitative estimate of drug-likeness (QED) is 0.129. The smallest absolute Gasteiger partial charge is 0.465 e. The van der Waals surface area contributed by atoms with Gasteiger partial charge in [0, 0.05) is 12.8 Å². The lowest BCUT2D eigenvalue weighted by atomic mass is 9.69. The maximum absolute atomic E-state index is 13.3. The SMILES string of the molecule is COC(=O)OC(C#CC(C)(C)c1ccc(OC2CCCCO2)cc1)(C#C[Si](C(C)C)(C(C)C)C(C)C)C(C)(C)c1ccc(OC2CCCCO2)cc1. The summed E-state index contributed by atoms with van der Waals surface area (Å²) >= 11 is 0. The molecule has 2 aromatic rings. The second-order valence-corrected chi connectivity index (χ2v) is 21.8. The maximum Gasteiger partial charge on any atom is 0.510 e. The van der Waals surface area contributed by atoms with Gasteiger partial charge >= 0.3 is 6.16 Å². The Morgan fingerprint density at radius 2 is 1.15 bits per heavy atom. The fourth-order valence-corrected chi connectivity index (χ4v) is 12.9. The summed E-state index contributed by atoms with van der Waals surface area (Å²) in [7, 11) is -0.974. The molecular formula is C44H62O7Si. The molecule has 2 aliphatic rings. The van der Waals surface area contributed by atoms with Gasteiger partial charge in [-0.25, -0.2) is 4.79 Å². The predicted molar refractivity (Wildman–Crippen MR) is 210 cm³/mol. The molecule has 0 aromatic heterocycles. The maximum atomic E-state index is 13.3. The molecule has 0 aliphatic carbocycles. The van der Waals surface area contributed by atoms with Crippen LogP contribution in [0, 0.1) is 23.3 Å². The van der Waals surface area contributed by atoms with Crippen molar-refractivity contribution in [2.24, 2.45) is 0 Å². The van der Waals surface area contributed by atoms with Gasteiger partial charge in [-0.3, -0.25) is 0 Å². The van der Waals surface area contributed by atoms with Crippen molar-refractivity contribution >= 4 is 14.2 Å². The number of methoxy groups -OCH3 is 1. The molecule has 0 bridgehead atoms. The number of rotatable bonds is 11. The Bertz CT molecular complexity index is 1550. The number of hydrogen-bond donors (Lipinski definition) is 0. The van der Waals surface area contributed by atoms with Gasteiger partial charge in [-0.2, -0.15) is 0 Å². The van der Waals surface area contributed by atoms with Crippen LogP contribution in [0.5, 0.6) is 11.5 Å². The second kappa shape index (κ2) is 17.6. The molecule has 2 aromatic carbocycles. The number of ether oxygens (including phenoxy) is 6. The minimum atomic E-state index is -2.30. The van der Waals surface area contributed by atoms with E-state index in [2.05, 4.69) is 78.7 Å². The van der Waals surface area contributed by atoms with Crippen molar-refractivity contribution in [3.63, 3.8) is 0 Å². The van der Waals surface area contributed by atoms with Crippen LogP contribution >= 0.6 is 0 Å². The molecule has 4 rings (SSSR count). The first-order valence-corrected chi connectivity index (χ1v) is 21.4. The third kappa shape index (κ3) is 9.56. The molecule has 0 N–H and O–H groups in total. The van der Waals surface area contributed by atoms with Crippen LogP contribution in [0.2, 0.25) is 16.6 Å². The monoisotopic (exact) mass is 730 g/mol.